The fourth-order valence-electron chi connectivity index (χ4n) is 2.56. The van der Waals surface area contributed by atoms with Gasteiger partial charge in [0.25, 0.3) is 0 Å². The highest BCUT2D eigenvalue weighted by molar-refractivity contribution is 7.99. The Morgan fingerprint density at radius 2 is 2.20 bits per heavy atom. The largest absolute Gasteiger partial charge is 0.493 e. The Morgan fingerprint density at radius 3 is 3.00 bits per heavy atom. The van der Waals surface area contributed by atoms with Gasteiger partial charge in [-0.2, -0.15) is 5.26 Å². The molecule has 1 aromatic heterocycles. The van der Waals surface area contributed by atoms with Crippen LogP contribution in [0.15, 0.2) is 53.9 Å². The average Bonchev–Trinajstić information content (AvgIpc) is 3.21. The fourth-order valence-corrected chi connectivity index (χ4v) is 3.47. The van der Waals surface area contributed by atoms with Gasteiger partial charge in [-0.1, -0.05) is 35.5 Å². The number of hydrogen-bond acceptors (Lipinski definition) is 6. The summed E-state index contributed by atoms with van der Waals surface area (Å²) in [6.45, 7) is 2.39. The summed E-state index contributed by atoms with van der Waals surface area (Å²) in [5.74, 6) is 0.651. The molecule has 0 aliphatic carbocycles. The Labute approximate surface area is 184 Å². The van der Waals surface area contributed by atoms with Gasteiger partial charge in [0.15, 0.2) is 5.16 Å². The highest BCUT2D eigenvalue weighted by atomic mass is 35.5. The quantitative estimate of drug-likeness (QED) is 0.384. The van der Waals surface area contributed by atoms with Crippen LogP contribution in [0.1, 0.15) is 18.4 Å². The first-order chi connectivity index (χ1) is 14.6. The highest BCUT2D eigenvalue weighted by Gasteiger charge is 2.11. The van der Waals surface area contributed by atoms with E-state index in [0.717, 1.165) is 11.3 Å². The van der Waals surface area contributed by atoms with Crippen molar-refractivity contribution in [1.29, 1.82) is 5.26 Å². The van der Waals surface area contributed by atoms with Crippen LogP contribution in [-0.2, 0) is 4.79 Å². The van der Waals surface area contributed by atoms with Gasteiger partial charge in [0, 0.05) is 23.2 Å². The van der Waals surface area contributed by atoms with Crippen LogP contribution in [0, 0.1) is 18.3 Å². The van der Waals surface area contributed by atoms with Crippen LogP contribution in [0.3, 0.4) is 0 Å². The second-order valence-corrected chi connectivity index (χ2v) is 7.74. The predicted molar refractivity (Wildman–Crippen MR) is 117 cm³/mol. The van der Waals surface area contributed by atoms with Crippen molar-refractivity contribution in [3.63, 3.8) is 0 Å². The summed E-state index contributed by atoms with van der Waals surface area (Å²) < 4.78 is 7.38. The number of ether oxygens (including phenoxy) is 1. The van der Waals surface area contributed by atoms with E-state index in [1.54, 1.807) is 29.1 Å². The van der Waals surface area contributed by atoms with Crippen LogP contribution in [0.5, 0.6) is 5.75 Å². The van der Waals surface area contributed by atoms with E-state index < -0.39 is 0 Å². The van der Waals surface area contributed by atoms with Crippen LogP contribution in [0.25, 0.3) is 5.69 Å². The van der Waals surface area contributed by atoms with Gasteiger partial charge in [-0.3, -0.25) is 9.36 Å². The molecule has 0 spiro atoms. The molecule has 0 saturated heterocycles. The molecule has 0 aliphatic rings. The number of aryl methyl sites for hydroxylation is 1. The second-order valence-electron chi connectivity index (χ2n) is 6.39. The fraction of sp³-hybridized carbons (Fsp3) is 0.238. The number of aromatic nitrogens is 3. The van der Waals surface area contributed by atoms with Crippen molar-refractivity contribution >= 4 is 35.0 Å². The first kappa shape index (κ1) is 21.7. The minimum Gasteiger partial charge on any atom is -0.493 e. The molecule has 0 bridgehead atoms. The minimum absolute atomic E-state index is 0.168. The van der Waals surface area contributed by atoms with Crippen molar-refractivity contribution in [1.82, 2.24) is 14.8 Å². The molecule has 0 aliphatic heterocycles. The number of amides is 1. The Kier molecular flexibility index (Phi) is 7.71. The molecule has 30 heavy (non-hydrogen) atoms. The first-order valence-corrected chi connectivity index (χ1v) is 10.6. The van der Waals surface area contributed by atoms with Gasteiger partial charge < -0.3 is 10.1 Å². The van der Waals surface area contributed by atoms with E-state index in [0.29, 0.717) is 41.1 Å². The van der Waals surface area contributed by atoms with Crippen LogP contribution in [0.4, 0.5) is 5.69 Å². The van der Waals surface area contributed by atoms with Gasteiger partial charge in [-0.05, 0) is 43.2 Å². The number of benzene rings is 2. The SMILES string of the molecule is Cc1ccc(-n2cnnc2SCC(=O)Nc2cccc(OCCCC#N)c2)cc1Cl. The van der Waals surface area contributed by atoms with Crippen molar-refractivity contribution in [2.75, 3.05) is 17.7 Å². The molecule has 3 rings (SSSR count). The number of rotatable bonds is 9. The lowest BCUT2D eigenvalue weighted by Gasteiger charge is -2.09. The summed E-state index contributed by atoms with van der Waals surface area (Å²) in [6, 6.07) is 14.9. The van der Waals surface area contributed by atoms with Crippen molar-refractivity contribution < 1.29 is 9.53 Å². The van der Waals surface area contributed by atoms with Crippen molar-refractivity contribution in [3.05, 3.63) is 59.4 Å². The summed E-state index contributed by atoms with van der Waals surface area (Å²) >= 11 is 7.49. The number of carbonyl (C=O) groups is 1. The normalized spacial score (nSPS) is 10.4. The number of carbonyl (C=O) groups excluding carboxylic acids is 1. The number of hydrogen-bond donors (Lipinski definition) is 1. The van der Waals surface area contributed by atoms with Gasteiger partial charge in [0.1, 0.15) is 12.1 Å². The van der Waals surface area contributed by atoms with Gasteiger partial charge in [0.2, 0.25) is 5.91 Å². The molecule has 154 valence electrons. The van der Waals surface area contributed by atoms with E-state index in [9.17, 15) is 4.79 Å². The molecular formula is C21H20ClN5O2S. The number of nitrogens with one attached hydrogen (secondary N) is 1. The first-order valence-electron chi connectivity index (χ1n) is 9.26. The smallest absolute Gasteiger partial charge is 0.234 e. The maximum Gasteiger partial charge on any atom is 0.234 e. The molecule has 0 saturated carbocycles. The van der Waals surface area contributed by atoms with Crippen molar-refractivity contribution in [3.8, 4) is 17.5 Å². The maximum absolute atomic E-state index is 12.4. The van der Waals surface area contributed by atoms with Gasteiger partial charge >= 0.3 is 0 Å². The Hall–Kier alpha value is -3.02. The number of thioether (sulfide) groups is 1. The van der Waals surface area contributed by atoms with Gasteiger partial charge in [-0.15, -0.1) is 10.2 Å². The van der Waals surface area contributed by atoms with E-state index in [4.69, 9.17) is 21.6 Å². The number of nitriles is 1. The van der Waals surface area contributed by atoms with Crippen molar-refractivity contribution in [2.45, 2.75) is 24.9 Å². The number of nitrogens with zero attached hydrogens (tertiary/aromatic N) is 4. The zero-order chi connectivity index (χ0) is 21.3. The summed E-state index contributed by atoms with van der Waals surface area (Å²) in [5, 5.41) is 20.7. The Bertz CT molecular complexity index is 1060. The zero-order valence-corrected chi connectivity index (χ0v) is 17.9. The van der Waals surface area contributed by atoms with Crippen molar-refractivity contribution in [2.24, 2.45) is 0 Å². The maximum atomic E-state index is 12.4. The molecule has 1 amide bonds. The molecule has 1 N–H and O–H groups in total. The highest BCUT2D eigenvalue weighted by Crippen LogP contribution is 2.24. The monoisotopic (exact) mass is 441 g/mol. The summed E-state index contributed by atoms with van der Waals surface area (Å²) in [6.07, 6.45) is 2.71. The van der Waals surface area contributed by atoms with E-state index in [2.05, 4.69) is 21.6 Å². The average molecular weight is 442 g/mol. The summed E-state index contributed by atoms with van der Waals surface area (Å²) in [7, 11) is 0. The molecule has 0 unspecified atom stereocenters. The lowest BCUT2D eigenvalue weighted by Crippen LogP contribution is -2.14. The summed E-state index contributed by atoms with van der Waals surface area (Å²) in [5.41, 5.74) is 2.46. The molecule has 2 aromatic carbocycles. The lowest BCUT2D eigenvalue weighted by molar-refractivity contribution is -0.113. The molecule has 7 nitrogen and oxygen atoms in total. The van der Waals surface area contributed by atoms with Crippen LogP contribution in [0.2, 0.25) is 5.02 Å². The standard InChI is InChI=1S/C21H20ClN5O2S/c1-15-7-8-17(12-19(15)22)27-14-24-26-21(27)30-13-20(28)25-16-5-4-6-18(11-16)29-10-3-2-9-23/h4-8,11-12,14H,2-3,10,13H2,1H3,(H,25,28). The van der Waals surface area contributed by atoms with Gasteiger partial charge in [0.05, 0.1) is 24.1 Å². The number of unbranched alkanes of at least 4 members (excludes halogenated alkanes) is 1. The molecule has 0 atom stereocenters. The molecule has 9 heteroatoms. The molecule has 3 aromatic rings. The third-order valence-corrected chi connectivity index (χ3v) is 5.45. The van der Waals surface area contributed by atoms with E-state index >= 15 is 0 Å². The Balaban J connectivity index is 1.56. The molecule has 0 radical (unpaired) electrons. The lowest BCUT2D eigenvalue weighted by atomic mass is 10.2. The summed E-state index contributed by atoms with van der Waals surface area (Å²) in [4.78, 5) is 12.4. The van der Waals surface area contributed by atoms with E-state index in [-0.39, 0.29) is 11.7 Å². The van der Waals surface area contributed by atoms with E-state index in [1.165, 1.54) is 11.8 Å². The van der Waals surface area contributed by atoms with Crippen LogP contribution >= 0.6 is 23.4 Å². The van der Waals surface area contributed by atoms with Crippen LogP contribution < -0.4 is 10.1 Å². The van der Waals surface area contributed by atoms with Crippen LogP contribution in [-0.4, -0.2) is 33.0 Å². The minimum atomic E-state index is -0.168. The molecular weight excluding hydrogens is 422 g/mol. The third-order valence-electron chi connectivity index (χ3n) is 4.10. The Morgan fingerprint density at radius 1 is 1.33 bits per heavy atom. The zero-order valence-electron chi connectivity index (χ0n) is 16.3. The van der Waals surface area contributed by atoms with E-state index in [1.807, 2.05) is 31.2 Å². The van der Waals surface area contributed by atoms with Gasteiger partial charge in [-0.25, -0.2) is 0 Å². The molecule has 0 fully saturated rings. The predicted octanol–water partition coefficient (Wildman–Crippen LogP) is 4.64. The number of halogens is 1. The topological polar surface area (TPSA) is 92.8 Å². The second kappa shape index (κ2) is 10.7. The number of anilines is 1. The molecule has 1 heterocycles. The third kappa shape index (κ3) is 5.99.